The molecule has 0 aromatic heterocycles. The number of nitrogens with zero attached hydrogens (tertiary/aromatic N) is 1. The van der Waals surface area contributed by atoms with Gasteiger partial charge in [0.2, 0.25) is 0 Å². The average Bonchev–Trinajstić information content (AvgIpc) is 3.51. The van der Waals surface area contributed by atoms with E-state index in [0.717, 1.165) is 0 Å². The van der Waals surface area contributed by atoms with Crippen molar-refractivity contribution in [2.75, 3.05) is 4.90 Å². The lowest BCUT2D eigenvalue weighted by molar-refractivity contribution is 0.660. The molecule has 0 heterocycles. The quantitative estimate of drug-likeness (QED) is 0.176. The summed E-state index contributed by atoms with van der Waals surface area (Å²) in [6.45, 7) is 9.49. The van der Waals surface area contributed by atoms with Crippen LogP contribution in [0.4, 0.5) is 17.1 Å². The lowest BCUT2D eigenvalue weighted by atomic mass is 9.82. The first-order valence-corrected chi connectivity index (χ1v) is 17.4. The van der Waals surface area contributed by atoms with E-state index in [4.69, 9.17) is 0 Å². The number of hydrogen-bond donors (Lipinski definition) is 0. The summed E-state index contributed by atoms with van der Waals surface area (Å²) in [6.07, 6.45) is 0. The lowest BCUT2D eigenvalue weighted by Gasteiger charge is -2.31. The van der Waals surface area contributed by atoms with Gasteiger partial charge in [-0.1, -0.05) is 149 Å². The molecule has 2 aliphatic rings. The highest BCUT2D eigenvalue weighted by Gasteiger charge is 2.37. The predicted octanol–water partition coefficient (Wildman–Crippen LogP) is 13.2. The number of anilines is 3. The number of hydrogen-bond acceptors (Lipinski definition) is 1. The van der Waals surface area contributed by atoms with Crippen molar-refractivity contribution < 1.29 is 0 Å². The van der Waals surface area contributed by atoms with Crippen molar-refractivity contribution in [1.82, 2.24) is 0 Å². The molecule has 1 nitrogen and oxygen atoms in total. The minimum atomic E-state index is -0.0977. The van der Waals surface area contributed by atoms with Crippen LogP contribution in [0.25, 0.3) is 54.6 Å². The summed E-state index contributed by atoms with van der Waals surface area (Å²) in [5, 5.41) is 7.65. The fourth-order valence-corrected chi connectivity index (χ4v) is 9.13. The molecule has 0 saturated heterocycles. The van der Waals surface area contributed by atoms with E-state index < -0.39 is 0 Å². The SMILES string of the molecule is CC1(C)c2ccccc2-c2ccc(N(c3ccc4c(c3)C(C)(C)c3ccccc3-4)c3cc4ccc5ccccc5c4c4ccccc34)cc21. The van der Waals surface area contributed by atoms with Crippen molar-refractivity contribution in [1.29, 1.82) is 0 Å². The third-order valence-corrected chi connectivity index (χ3v) is 11.6. The van der Waals surface area contributed by atoms with Gasteiger partial charge in [-0.25, -0.2) is 0 Å². The molecule has 2 aliphatic carbocycles. The third kappa shape index (κ3) is 3.88. The van der Waals surface area contributed by atoms with E-state index in [1.165, 1.54) is 93.9 Å². The van der Waals surface area contributed by atoms with Crippen LogP contribution in [-0.2, 0) is 10.8 Å². The molecular formula is C48H37N. The van der Waals surface area contributed by atoms with Crippen molar-refractivity contribution in [2.45, 2.75) is 38.5 Å². The second-order valence-electron chi connectivity index (χ2n) is 15.0. The average molecular weight is 628 g/mol. The van der Waals surface area contributed by atoms with Gasteiger partial charge < -0.3 is 4.90 Å². The zero-order chi connectivity index (χ0) is 33.1. The first-order valence-electron chi connectivity index (χ1n) is 17.4. The van der Waals surface area contributed by atoms with Crippen molar-refractivity contribution in [2.24, 2.45) is 0 Å². The summed E-state index contributed by atoms with van der Waals surface area (Å²) >= 11 is 0. The van der Waals surface area contributed by atoms with Crippen LogP contribution in [0.5, 0.6) is 0 Å². The van der Waals surface area contributed by atoms with Gasteiger partial charge in [-0.15, -0.1) is 0 Å². The summed E-state index contributed by atoms with van der Waals surface area (Å²) in [7, 11) is 0. The van der Waals surface area contributed by atoms with E-state index in [1.807, 2.05) is 0 Å². The van der Waals surface area contributed by atoms with Crippen LogP contribution < -0.4 is 4.90 Å². The molecule has 1 heteroatoms. The van der Waals surface area contributed by atoms with Crippen molar-refractivity contribution in [3.63, 3.8) is 0 Å². The molecule has 8 aromatic carbocycles. The minimum absolute atomic E-state index is 0.0977. The van der Waals surface area contributed by atoms with Crippen LogP contribution in [0.2, 0.25) is 0 Å². The normalized spacial score (nSPS) is 14.9. The Hall–Kier alpha value is -5.66. The van der Waals surface area contributed by atoms with Gasteiger partial charge >= 0.3 is 0 Å². The fourth-order valence-electron chi connectivity index (χ4n) is 9.13. The Balaban J connectivity index is 1.27. The van der Waals surface area contributed by atoms with Crippen molar-refractivity contribution in [3.05, 3.63) is 174 Å². The van der Waals surface area contributed by atoms with Crippen LogP contribution in [-0.4, -0.2) is 0 Å². The molecule has 0 spiro atoms. The van der Waals surface area contributed by atoms with E-state index in [2.05, 4.69) is 184 Å². The molecular weight excluding hydrogens is 591 g/mol. The Labute approximate surface area is 288 Å². The molecule has 0 radical (unpaired) electrons. The zero-order valence-electron chi connectivity index (χ0n) is 28.4. The topological polar surface area (TPSA) is 3.24 Å². The Morgan fingerprint density at radius 2 is 0.837 bits per heavy atom. The van der Waals surface area contributed by atoms with Gasteiger partial charge in [-0.05, 0) is 102 Å². The van der Waals surface area contributed by atoms with E-state index in [0.29, 0.717) is 0 Å². The highest BCUT2D eigenvalue weighted by atomic mass is 15.1. The van der Waals surface area contributed by atoms with Gasteiger partial charge in [-0.3, -0.25) is 0 Å². The minimum Gasteiger partial charge on any atom is -0.310 e. The van der Waals surface area contributed by atoms with E-state index >= 15 is 0 Å². The first kappa shape index (κ1) is 28.4. The molecule has 0 atom stereocenters. The van der Waals surface area contributed by atoms with Gasteiger partial charge in [0, 0.05) is 27.6 Å². The Bertz CT molecular complexity index is 2570. The van der Waals surface area contributed by atoms with Crippen LogP contribution >= 0.6 is 0 Å². The molecule has 0 amide bonds. The van der Waals surface area contributed by atoms with Gasteiger partial charge in [-0.2, -0.15) is 0 Å². The van der Waals surface area contributed by atoms with Crippen LogP contribution in [0.15, 0.2) is 152 Å². The van der Waals surface area contributed by atoms with E-state index in [9.17, 15) is 0 Å². The van der Waals surface area contributed by atoms with E-state index in [1.54, 1.807) is 0 Å². The second kappa shape index (κ2) is 9.94. The fraction of sp³-hybridized carbons (Fsp3) is 0.125. The Kier molecular flexibility index (Phi) is 5.75. The largest absolute Gasteiger partial charge is 0.310 e. The van der Waals surface area contributed by atoms with Gasteiger partial charge in [0.25, 0.3) is 0 Å². The second-order valence-corrected chi connectivity index (χ2v) is 15.0. The predicted molar refractivity (Wildman–Crippen MR) is 209 cm³/mol. The Morgan fingerprint density at radius 1 is 0.367 bits per heavy atom. The maximum Gasteiger partial charge on any atom is 0.0546 e. The molecule has 0 aliphatic heterocycles. The molecule has 8 aromatic rings. The molecule has 0 N–H and O–H groups in total. The van der Waals surface area contributed by atoms with Gasteiger partial charge in [0.15, 0.2) is 0 Å². The highest BCUT2D eigenvalue weighted by Crippen LogP contribution is 2.54. The summed E-state index contributed by atoms with van der Waals surface area (Å²) < 4.78 is 0. The molecule has 234 valence electrons. The number of benzene rings is 8. The molecule has 49 heavy (non-hydrogen) atoms. The van der Waals surface area contributed by atoms with Crippen LogP contribution in [0, 0.1) is 0 Å². The number of fused-ring (bicyclic) bond motifs is 11. The van der Waals surface area contributed by atoms with Crippen molar-refractivity contribution >= 4 is 49.4 Å². The summed E-state index contributed by atoms with van der Waals surface area (Å²) in [5.74, 6) is 0. The maximum atomic E-state index is 2.52. The van der Waals surface area contributed by atoms with Crippen LogP contribution in [0.3, 0.4) is 0 Å². The zero-order valence-corrected chi connectivity index (χ0v) is 28.4. The third-order valence-electron chi connectivity index (χ3n) is 11.6. The molecule has 10 rings (SSSR count). The molecule has 0 bridgehead atoms. The summed E-state index contributed by atoms with van der Waals surface area (Å²) in [5.41, 5.74) is 14.3. The smallest absolute Gasteiger partial charge is 0.0546 e. The summed E-state index contributed by atoms with van der Waals surface area (Å²) in [4.78, 5) is 2.52. The molecule has 0 unspecified atom stereocenters. The van der Waals surface area contributed by atoms with Gasteiger partial charge in [0.1, 0.15) is 0 Å². The Morgan fingerprint density at radius 3 is 1.45 bits per heavy atom. The maximum absolute atomic E-state index is 2.52. The molecule has 0 fully saturated rings. The number of rotatable bonds is 3. The van der Waals surface area contributed by atoms with Gasteiger partial charge in [0.05, 0.1) is 5.69 Å². The van der Waals surface area contributed by atoms with Crippen molar-refractivity contribution in [3.8, 4) is 22.3 Å². The first-order chi connectivity index (χ1) is 23.8. The van der Waals surface area contributed by atoms with E-state index in [-0.39, 0.29) is 10.8 Å². The lowest BCUT2D eigenvalue weighted by Crippen LogP contribution is -2.18. The monoisotopic (exact) mass is 627 g/mol. The van der Waals surface area contributed by atoms with Crippen LogP contribution in [0.1, 0.15) is 49.9 Å². The standard InChI is InChI=1S/C48H37N/c1-47(2)41-19-11-9-15-35(41)37-25-23-32(28-43(37)47)49(33-24-26-38-36-16-10-12-20-42(36)48(3,4)44(38)29-33)45-27-31-22-21-30-13-5-6-14-34(30)46(31)40-18-8-7-17-39(40)45/h5-29H,1-4H3. The summed E-state index contributed by atoms with van der Waals surface area (Å²) in [6, 6.07) is 56.9. The highest BCUT2D eigenvalue weighted by molar-refractivity contribution is 6.23. The molecule has 0 saturated carbocycles.